The van der Waals surface area contributed by atoms with Gasteiger partial charge in [0.2, 0.25) is 0 Å². The fraction of sp³-hybridized carbons (Fsp3) is 0.375. The van der Waals surface area contributed by atoms with E-state index in [1.165, 1.54) is 12.1 Å². The minimum Gasteiger partial charge on any atom is -0.323 e. The summed E-state index contributed by atoms with van der Waals surface area (Å²) in [5, 5.41) is 15.2. The summed E-state index contributed by atoms with van der Waals surface area (Å²) in [5.41, 5.74) is 4.56. The zero-order chi connectivity index (χ0) is 23.8. The van der Waals surface area contributed by atoms with E-state index in [0.717, 1.165) is 54.9 Å². The van der Waals surface area contributed by atoms with Crippen LogP contribution in [0.25, 0.3) is 5.65 Å². The van der Waals surface area contributed by atoms with E-state index in [2.05, 4.69) is 32.4 Å². The molecule has 0 radical (unpaired) electrons. The predicted octanol–water partition coefficient (Wildman–Crippen LogP) is 3.43. The molecule has 0 saturated carbocycles. The van der Waals surface area contributed by atoms with Gasteiger partial charge in [-0.1, -0.05) is 6.07 Å². The van der Waals surface area contributed by atoms with Crippen molar-refractivity contribution < 1.29 is 8.78 Å². The summed E-state index contributed by atoms with van der Waals surface area (Å²) in [7, 11) is 2.13. The number of anilines is 2. The standard InChI is InChI=1S/C24H28F2N8/c1-15-10-23(30-29-15)27-22-13-19(14-33-8-6-32(3)7-9-33)34-24(28-22)20(16(2)31-34)11-17-4-5-18(25)12-21(17)26/h4-5,10,12-13H,6-9,11,14H2,1-3H3,(H2,27,28,29,30). The molecule has 178 valence electrons. The van der Waals surface area contributed by atoms with Crippen LogP contribution in [0.1, 0.15) is 28.2 Å². The highest BCUT2D eigenvalue weighted by atomic mass is 19.1. The molecule has 0 unspecified atom stereocenters. The average molecular weight is 467 g/mol. The fourth-order valence-corrected chi connectivity index (χ4v) is 4.32. The molecule has 5 rings (SSSR count). The Morgan fingerprint density at radius 1 is 1.03 bits per heavy atom. The Morgan fingerprint density at radius 3 is 2.53 bits per heavy atom. The lowest BCUT2D eigenvalue weighted by Crippen LogP contribution is -2.44. The zero-order valence-corrected chi connectivity index (χ0v) is 19.6. The van der Waals surface area contributed by atoms with Crippen LogP contribution in [-0.2, 0) is 13.0 Å². The average Bonchev–Trinajstić information content (AvgIpc) is 3.34. The van der Waals surface area contributed by atoms with Gasteiger partial charge in [0, 0.05) is 68.6 Å². The molecule has 0 aliphatic carbocycles. The highest BCUT2D eigenvalue weighted by Crippen LogP contribution is 2.25. The lowest BCUT2D eigenvalue weighted by atomic mass is 10.0. The molecular weight excluding hydrogens is 438 g/mol. The lowest BCUT2D eigenvalue weighted by molar-refractivity contribution is 0.146. The summed E-state index contributed by atoms with van der Waals surface area (Å²) in [5.74, 6) is 0.148. The molecule has 2 N–H and O–H groups in total. The minimum atomic E-state index is -0.591. The molecule has 1 saturated heterocycles. The van der Waals surface area contributed by atoms with Crippen molar-refractivity contribution in [1.82, 2.24) is 34.6 Å². The van der Waals surface area contributed by atoms with E-state index in [1.807, 2.05) is 30.5 Å². The molecule has 4 heterocycles. The summed E-state index contributed by atoms with van der Waals surface area (Å²) >= 11 is 0. The number of likely N-dealkylation sites (N-methyl/N-ethyl adjacent to an activating group) is 1. The first-order valence-electron chi connectivity index (χ1n) is 11.4. The van der Waals surface area contributed by atoms with E-state index < -0.39 is 11.6 Å². The topological polar surface area (TPSA) is 77.4 Å². The molecule has 3 aromatic heterocycles. The smallest absolute Gasteiger partial charge is 0.161 e. The Labute approximate surface area is 196 Å². The maximum Gasteiger partial charge on any atom is 0.161 e. The zero-order valence-electron chi connectivity index (χ0n) is 19.6. The molecule has 0 atom stereocenters. The largest absolute Gasteiger partial charge is 0.323 e. The van der Waals surface area contributed by atoms with Crippen molar-refractivity contribution in [3.63, 3.8) is 0 Å². The molecule has 1 aliphatic rings. The van der Waals surface area contributed by atoms with Crippen LogP contribution in [0.3, 0.4) is 0 Å². The number of halogens is 2. The number of aryl methyl sites for hydroxylation is 2. The molecule has 0 amide bonds. The van der Waals surface area contributed by atoms with E-state index in [9.17, 15) is 8.78 Å². The number of aromatic nitrogens is 5. The molecule has 4 aromatic rings. The number of nitrogens with one attached hydrogen (secondary N) is 2. The fourth-order valence-electron chi connectivity index (χ4n) is 4.32. The van der Waals surface area contributed by atoms with Gasteiger partial charge in [0.25, 0.3) is 0 Å². The summed E-state index contributed by atoms with van der Waals surface area (Å²) in [6, 6.07) is 7.56. The number of hydrogen-bond donors (Lipinski definition) is 2. The molecule has 10 heteroatoms. The molecule has 1 fully saturated rings. The lowest BCUT2D eigenvalue weighted by Gasteiger charge is -2.32. The Bertz CT molecular complexity index is 1320. The van der Waals surface area contributed by atoms with Crippen LogP contribution >= 0.6 is 0 Å². The van der Waals surface area contributed by atoms with Crippen molar-refractivity contribution in [2.45, 2.75) is 26.8 Å². The number of H-pyrrole nitrogens is 1. The molecule has 0 bridgehead atoms. The van der Waals surface area contributed by atoms with Crippen LogP contribution in [-0.4, -0.2) is 67.8 Å². The number of fused-ring (bicyclic) bond motifs is 1. The number of hydrogen-bond acceptors (Lipinski definition) is 6. The molecule has 8 nitrogen and oxygen atoms in total. The van der Waals surface area contributed by atoms with Crippen LogP contribution in [0.2, 0.25) is 0 Å². The van der Waals surface area contributed by atoms with E-state index in [-0.39, 0.29) is 6.42 Å². The number of aromatic amines is 1. The van der Waals surface area contributed by atoms with Crippen LogP contribution in [0.4, 0.5) is 20.4 Å². The second-order valence-corrected chi connectivity index (χ2v) is 8.99. The van der Waals surface area contributed by atoms with E-state index >= 15 is 0 Å². The van der Waals surface area contributed by atoms with E-state index in [4.69, 9.17) is 10.1 Å². The van der Waals surface area contributed by atoms with Gasteiger partial charge in [-0.15, -0.1) is 0 Å². The van der Waals surface area contributed by atoms with Gasteiger partial charge < -0.3 is 10.2 Å². The van der Waals surface area contributed by atoms with Gasteiger partial charge in [-0.3, -0.25) is 10.00 Å². The van der Waals surface area contributed by atoms with Crippen molar-refractivity contribution in [2.24, 2.45) is 0 Å². The Hall–Kier alpha value is -3.37. The second-order valence-electron chi connectivity index (χ2n) is 8.99. The summed E-state index contributed by atoms with van der Waals surface area (Å²) in [6.07, 6.45) is 0.271. The summed E-state index contributed by atoms with van der Waals surface area (Å²) in [4.78, 5) is 9.54. The second kappa shape index (κ2) is 9.11. The first-order chi connectivity index (χ1) is 16.4. The van der Waals surface area contributed by atoms with Gasteiger partial charge in [0.05, 0.1) is 11.4 Å². The first kappa shape index (κ1) is 22.4. The monoisotopic (exact) mass is 466 g/mol. The highest BCUT2D eigenvalue weighted by Gasteiger charge is 2.20. The van der Waals surface area contributed by atoms with Gasteiger partial charge >= 0.3 is 0 Å². The SMILES string of the molecule is Cc1cc(Nc2cc(CN3CCN(C)CC3)n3nc(C)c(Cc4ccc(F)cc4F)c3n2)n[nH]1. The summed E-state index contributed by atoms with van der Waals surface area (Å²) in [6.45, 7) is 8.51. The molecule has 1 aliphatic heterocycles. The van der Waals surface area contributed by atoms with E-state index in [1.54, 1.807) is 0 Å². The van der Waals surface area contributed by atoms with Crippen molar-refractivity contribution in [3.8, 4) is 0 Å². The normalized spacial score (nSPS) is 15.3. The van der Waals surface area contributed by atoms with E-state index in [0.29, 0.717) is 29.4 Å². The van der Waals surface area contributed by atoms with Crippen molar-refractivity contribution in [2.75, 3.05) is 38.5 Å². The highest BCUT2D eigenvalue weighted by molar-refractivity contribution is 5.60. The number of piperazine rings is 1. The quantitative estimate of drug-likeness (QED) is 0.454. The minimum absolute atomic E-state index is 0.271. The van der Waals surface area contributed by atoms with Crippen LogP contribution in [0.15, 0.2) is 30.3 Å². The Morgan fingerprint density at radius 2 is 1.82 bits per heavy atom. The Balaban J connectivity index is 1.55. The third-order valence-corrected chi connectivity index (χ3v) is 6.28. The number of rotatable bonds is 6. The van der Waals surface area contributed by atoms with Crippen molar-refractivity contribution in [3.05, 3.63) is 70.2 Å². The van der Waals surface area contributed by atoms with Gasteiger partial charge in [0.15, 0.2) is 11.5 Å². The molecular formula is C24H28F2N8. The molecule has 34 heavy (non-hydrogen) atoms. The Kier molecular flexibility index (Phi) is 6.01. The van der Waals surface area contributed by atoms with Gasteiger partial charge in [-0.2, -0.15) is 10.2 Å². The van der Waals surface area contributed by atoms with Crippen molar-refractivity contribution in [1.29, 1.82) is 0 Å². The van der Waals surface area contributed by atoms with Crippen LogP contribution < -0.4 is 5.32 Å². The molecule has 1 aromatic carbocycles. The maximum atomic E-state index is 14.4. The summed E-state index contributed by atoms with van der Waals surface area (Å²) < 4.78 is 29.7. The van der Waals surface area contributed by atoms with Crippen molar-refractivity contribution >= 4 is 17.3 Å². The molecule has 0 spiro atoms. The maximum absolute atomic E-state index is 14.4. The van der Waals surface area contributed by atoms with Gasteiger partial charge in [-0.05, 0) is 32.5 Å². The van der Waals surface area contributed by atoms with Gasteiger partial charge in [-0.25, -0.2) is 18.3 Å². The van der Waals surface area contributed by atoms with Crippen LogP contribution in [0.5, 0.6) is 0 Å². The predicted molar refractivity (Wildman–Crippen MR) is 126 cm³/mol. The van der Waals surface area contributed by atoms with Crippen LogP contribution in [0, 0.1) is 25.5 Å². The third-order valence-electron chi connectivity index (χ3n) is 6.28. The third kappa shape index (κ3) is 4.64. The number of nitrogens with zero attached hydrogens (tertiary/aromatic N) is 6. The number of benzene rings is 1. The first-order valence-corrected chi connectivity index (χ1v) is 11.4. The van der Waals surface area contributed by atoms with Gasteiger partial charge in [0.1, 0.15) is 17.5 Å².